The zero-order valence-corrected chi connectivity index (χ0v) is 28.0. The topological polar surface area (TPSA) is 57.1 Å². The van der Waals surface area contributed by atoms with Gasteiger partial charge in [0.1, 0.15) is 5.82 Å². The number of aromatic nitrogens is 3. The molecule has 1 aromatic rings. The molecule has 1 saturated carbocycles. The van der Waals surface area contributed by atoms with E-state index >= 15 is 0 Å². The van der Waals surface area contributed by atoms with Crippen molar-refractivity contribution in [1.82, 2.24) is 15.0 Å². The molecule has 1 atom stereocenters. The van der Waals surface area contributed by atoms with Gasteiger partial charge in [0.25, 0.3) is 0 Å². The van der Waals surface area contributed by atoms with E-state index in [4.69, 9.17) is 19.4 Å². The molecule has 0 aromatic carbocycles. The van der Waals surface area contributed by atoms with Crippen LogP contribution >= 0.6 is 95.6 Å². The maximum atomic E-state index is 6.14. The van der Waals surface area contributed by atoms with E-state index in [1.54, 1.807) is 0 Å². The van der Waals surface area contributed by atoms with Gasteiger partial charge in [-0.05, 0) is 18.8 Å². The predicted octanol–water partition coefficient (Wildman–Crippen LogP) is 7.44. The Hall–Kier alpha value is 1.49. The highest BCUT2D eigenvalue weighted by atomic mass is 79.9. The summed E-state index contributed by atoms with van der Waals surface area (Å²) in [5.74, 6) is 1.52. The zero-order valence-electron chi connectivity index (χ0n) is 18.5. The summed E-state index contributed by atoms with van der Waals surface area (Å²) >= 11 is 21.7. The number of alkyl halides is 6. The van der Waals surface area contributed by atoms with Crippen LogP contribution in [0.2, 0.25) is 0 Å². The highest BCUT2D eigenvalue weighted by Crippen LogP contribution is 2.43. The minimum atomic E-state index is -0.130. The van der Waals surface area contributed by atoms with E-state index in [2.05, 4.69) is 114 Å². The molecule has 1 fully saturated rings. The van der Waals surface area contributed by atoms with E-state index in [0.29, 0.717) is 25.2 Å². The van der Waals surface area contributed by atoms with Crippen molar-refractivity contribution in [3.63, 3.8) is 0 Å². The summed E-state index contributed by atoms with van der Waals surface area (Å²) in [5.41, 5.74) is -0.338. The molecule has 1 aliphatic carbocycles. The number of hydrogen-bond donors (Lipinski definition) is 0. The fourth-order valence-corrected chi connectivity index (χ4v) is 9.51. The first-order valence-corrected chi connectivity index (χ1v) is 17.4. The van der Waals surface area contributed by atoms with Crippen LogP contribution in [0.1, 0.15) is 45.4 Å². The number of halogens is 6. The van der Waals surface area contributed by atoms with Gasteiger partial charge in [0, 0.05) is 48.2 Å². The molecule has 5 nitrogen and oxygen atoms in total. The van der Waals surface area contributed by atoms with Gasteiger partial charge in [-0.3, -0.25) is 0 Å². The highest BCUT2D eigenvalue weighted by molar-refractivity contribution is 9.10. The fraction of sp³-hybridized carbons (Fsp3) is 0.857. The van der Waals surface area contributed by atoms with E-state index < -0.39 is 0 Å². The van der Waals surface area contributed by atoms with Crippen LogP contribution in [0.25, 0.3) is 0 Å². The van der Waals surface area contributed by atoms with Crippen molar-refractivity contribution in [3.8, 4) is 12.0 Å². The molecule has 0 aliphatic heterocycles. The van der Waals surface area contributed by atoms with Gasteiger partial charge in [-0.2, -0.15) is 9.97 Å². The van der Waals surface area contributed by atoms with Crippen molar-refractivity contribution in [2.75, 3.05) is 45.2 Å². The van der Waals surface area contributed by atoms with Crippen LogP contribution in [0.4, 0.5) is 0 Å². The molecule has 0 N–H and O–H groups in total. The number of ether oxygens (including phenoxy) is 2. The predicted molar refractivity (Wildman–Crippen MR) is 153 cm³/mol. The Morgan fingerprint density at radius 3 is 1.47 bits per heavy atom. The van der Waals surface area contributed by atoms with Crippen molar-refractivity contribution in [2.45, 2.75) is 44.9 Å². The smallest absolute Gasteiger partial charge is 0.322 e. The van der Waals surface area contributed by atoms with Crippen LogP contribution in [0.15, 0.2) is 0 Å². The monoisotopic (exact) mass is 831 g/mol. The quantitative estimate of drug-likeness (QED) is 0.162. The van der Waals surface area contributed by atoms with Crippen LogP contribution in [-0.4, -0.2) is 60.1 Å². The largest absolute Gasteiger partial charge is 0.463 e. The van der Waals surface area contributed by atoms with Crippen LogP contribution in [-0.2, 0) is 5.41 Å². The molecule has 1 heterocycles. The van der Waals surface area contributed by atoms with Crippen molar-refractivity contribution in [1.29, 1.82) is 0 Å². The Morgan fingerprint density at radius 1 is 0.750 bits per heavy atom. The molecule has 184 valence electrons. The maximum Gasteiger partial charge on any atom is 0.322 e. The van der Waals surface area contributed by atoms with Gasteiger partial charge in [-0.15, -0.1) is 4.98 Å². The van der Waals surface area contributed by atoms with Crippen LogP contribution in [0.5, 0.6) is 12.0 Å². The SMILES string of the molecule is CCC(C)(CC1CC1)c1nc(OCC(CBr)(CBr)CBr)nc(OCC(CBr)(CBr)CBr)n1. The van der Waals surface area contributed by atoms with Crippen LogP contribution in [0, 0.1) is 16.7 Å². The lowest BCUT2D eigenvalue weighted by atomic mass is 9.81. The van der Waals surface area contributed by atoms with E-state index in [9.17, 15) is 0 Å². The molecule has 0 radical (unpaired) electrons. The Morgan fingerprint density at radius 2 is 1.16 bits per heavy atom. The molecule has 1 unspecified atom stereocenters. The van der Waals surface area contributed by atoms with Crippen LogP contribution < -0.4 is 9.47 Å². The van der Waals surface area contributed by atoms with E-state index in [1.807, 2.05) is 0 Å². The number of rotatable bonds is 16. The lowest BCUT2D eigenvalue weighted by Crippen LogP contribution is -2.35. The zero-order chi connectivity index (χ0) is 23.8. The third-order valence-electron chi connectivity index (χ3n) is 6.07. The third-order valence-corrected chi connectivity index (χ3v) is 13.2. The van der Waals surface area contributed by atoms with Gasteiger partial charge in [-0.1, -0.05) is 122 Å². The summed E-state index contributed by atoms with van der Waals surface area (Å²) < 4.78 is 12.3. The van der Waals surface area contributed by atoms with Crippen molar-refractivity contribution >= 4 is 95.6 Å². The van der Waals surface area contributed by atoms with Gasteiger partial charge >= 0.3 is 12.0 Å². The fourth-order valence-electron chi connectivity index (χ4n) is 2.97. The number of nitrogens with zero attached hydrogens (tertiary/aromatic N) is 3. The summed E-state index contributed by atoms with van der Waals surface area (Å²) in [4.78, 5) is 14.1. The molecular weight excluding hydrogens is 806 g/mol. The summed E-state index contributed by atoms with van der Waals surface area (Å²) in [6.45, 7) is 5.38. The molecule has 0 saturated heterocycles. The summed E-state index contributed by atoms with van der Waals surface area (Å²) in [6.07, 6.45) is 4.62. The molecule has 1 aromatic heterocycles. The first kappa shape index (κ1) is 29.7. The summed E-state index contributed by atoms with van der Waals surface area (Å²) in [5, 5.41) is 4.73. The third kappa shape index (κ3) is 8.00. The average molecular weight is 837 g/mol. The van der Waals surface area contributed by atoms with Crippen molar-refractivity contribution in [2.24, 2.45) is 16.7 Å². The molecule has 0 bridgehead atoms. The first-order chi connectivity index (χ1) is 15.3. The molecule has 32 heavy (non-hydrogen) atoms. The van der Waals surface area contributed by atoms with Crippen molar-refractivity contribution in [3.05, 3.63) is 5.82 Å². The summed E-state index contributed by atoms with van der Waals surface area (Å²) in [7, 11) is 0. The number of hydrogen-bond acceptors (Lipinski definition) is 5. The Bertz CT molecular complexity index is 658. The van der Waals surface area contributed by atoms with Gasteiger partial charge in [-0.25, -0.2) is 0 Å². The second-order valence-electron chi connectivity index (χ2n) is 9.17. The first-order valence-electron chi connectivity index (χ1n) is 10.6. The molecule has 0 spiro atoms. The van der Waals surface area contributed by atoms with Gasteiger partial charge < -0.3 is 9.47 Å². The maximum absolute atomic E-state index is 6.14. The van der Waals surface area contributed by atoms with Gasteiger partial charge in [0.05, 0.1) is 13.2 Å². The minimum absolute atomic E-state index is 0.104. The standard InChI is InChI=1S/C21H31Br6N3O2/c1-3-19(2,6-15-4-5-15)16-28-17(31-13-20(7-22,8-23)9-24)30-18(29-16)32-14-21(10-25,11-26)12-27/h15H,3-14H2,1-2H3. The Balaban J connectivity index is 2.34. The lowest BCUT2D eigenvalue weighted by Gasteiger charge is -2.29. The molecule has 2 rings (SSSR count). The second kappa shape index (κ2) is 13.7. The average Bonchev–Trinajstić information content (AvgIpc) is 3.65. The van der Waals surface area contributed by atoms with Gasteiger partial charge in [0.15, 0.2) is 0 Å². The van der Waals surface area contributed by atoms with E-state index in [0.717, 1.165) is 56.6 Å². The Kier molecular flexibility index (Phi) is 12.7. The van der Waals surface area contributed by atoms with Crippen LogP contribution in [0.3, 0.4) is 0 Å². The van der Waals surface area contributed by atoms with E-state index in [1.165, 1.54) is 12.8 Å². The van der Waals surface area contributed by atoms with Gasteiger partial charge in [0.2, 0.25) is 0 Å². The van der Waals surface area contributed by atoms with E-state index in [-0.39, 0.29) is 16.2 Å². The minimum Gasteiger partial charge on any atom is -0.463 e. The van der Waals surface area contributed by atoms with Crippen molar-refractivity contribution < 1.29 is 9.47 Å². The highest BCUT2D eigenvalue weighted by Gasteiger charge is 2.37. The molecular formula is C21H31Br6N3O2. The molecule has 1 aliphatic rings. The molecule has 11 heteroatoms. The molecule has 0 amide bonds. The normalized spacial score (nSPS) is 16.6. The summed E-state index contributed by atoms with van der Waals surface area (Å²) in [6, 6.07) is 0.657. The lowest BCUT2D eigenvalue weighted by molar-refractivity contribution is 0.174. The Labute approximate surface area is 242 Å². The second-order valence-corrected chi connectivity index (χ2v) is 12.5.